The van der Waals surface area contributed by atoms with Crippen LogP contribution in [0.1, 0.15) is 16.8 Å². The number of carbonyl (C=O) groups is 1. The fourth-order valence-electron chi connectivity index (χ4n) is 2.24. The minimum absolute atomic E-state index is 0.178. The Bertz CT molecular complexity index is 981. The van der Waals surface area contributed by atoms with Crippen LogP contribution in [0.15, 0.2) is 35.2 Å². The number of carbonyl (C=O) groups excluding carboxylic acids is 1. The molecule has 26 heavy (non-hydrogen) atoms. The van der Waals surface area contributed by atoms with Crippen LogP contribution in [0.4, 0.5) is 4.39 Å². The Hall–Kier alpha value is -2.03. The van der Waals surface area contributed by atoms with Crippen molar-refractivity contribution in [3.05, 3.63) is 51.8 Å². The molecule has 0 aromatic heterocycles. The summed E-state index contributed by atoms with van der Waals surface area (Å²) < 4.78 is 51.2. The van der Waals surface area contributed by atoms with Crippen molar-refractivity contribution in [3.63, 3.8) is 0 Å². The Labute approximate surface area is 158 Å². The van der Waals surface area contributed by atoms with Gasteiger partial charge in [-0.05, 0) is 24.3 Å². The van der Waals surface area contributed by atoms with Gasteiger partial charge in [-0.25, -0.2) is 17.5 Å². The Morgan fingerprint density at radius 3 is 2.46 bits per heavy atom. The summed E-state index contributed by atoms with van der Waals surface area (Å²) in [6.45, 7) is 0.832. The van der Waals surface area contributed by atoms with Crippen LogP contribution in [0.5, 0.6) is 11.5 Å². The van der Waals surface area contributed by atoms with E-state index in [9.17, 15) is 17.6 Å². The highest BCUT2D eigenvalue weighted by molar-refractivity contribution is 7.90. The standard InChI is InChI=1S/C16H12Cl2FNO5S/c17-11-8-12(18)13(19)7-10(11)16(21)20-26(22,23)9-2-3-14-15(6-9)25-5-1-4-24-14/h2-3,6-8H,1,4-5H2,(H,20,21). The molecule has 0 radical (unpaired) electrons. The van der Waals surface area contributed by atoms with Gasteiger partial charge in [0.25, 0.3) is 15.9 Å². The number of fused-ring (bicyclic) bond motifs is 1. The van der Waals surface area contributed by atoms with Gasteiger partial charge >= 0.3 is 0 Å². The van der Waals surface area contributed by atoms with E-state index >= 15 is 0 Å². The normalized spacial score (nSPS) is 13.8. The molecule has 1 N–H and O–H groups in total. The number of hydrogen-bond donors (Lipinski definition) is 1. The molecule has 1 heterocycles. The monoisotopic (exact) mass is 419 g/mol. The Morgan fingerprint density at radius 2 is 1.73 bits per heavy atom. The maximum Gasteiger partial charge on any atom is 0.266 e. The first-order valence-electron chi connectivity index (χ1n) is 7.39. The van der Waals surface area contributed by atoms with Gasteiger partial charge in [0.15, 0.2) is 11.5 Å². The van der Waals surface area contributed by atoms with Gasteiger partial charge in [-0.2, -0.15) is 0 Å². The summed E-state index contributed by atoms with van der Waals surface area (Å²) in [5.41, 5.74) is -0.355. The number of rotatable bonds is 3. The van der Waals surface area contributed by atoms with E-state index in [1.165, 1.54) is 18.2 Å². The second-order valence-electron chi connectivity index (χ2n) is 5.34. The molecule has 0 unspecified atom stereocenters. The summed E-state index contributed by atoms with van der Waals surface area (Å²) in [6, 6.07) is 5.75. The van der Waals surface area contributed by atoms with Gasteiger partial charge in [0, 0.05) is 12.5 Å². The molecule has 0 bridgehead atoms. The van der Waals surface area contributed by atoms with Crippen molar-refractivity contribution in [2.45, 2.75) is 11.3 Å². The molecule has 2 aromatic rings. The van der Waals surface area contributed by atoms with E-state index in [1.54, 1.807) is 0 Å². The molecular formula is C16H12Cl2FNO5S. The zero-order valence-electron chi connectivity index (χ0n) is 13.1. The van der Waals surface area contributed by atoms with Crippen molar-refractivity contribution in [1.82, 2.24) is 4.72 Å². The maximum absolute atomic E-state index is 13.6. The number of amides is 1. The first kappa shape index (κ1) is 18.8. The third-order valence-corrected chi connectivity index (χ3v) is 5.44. The van der Waals surface area contributed by atoms with Crippen molar-refractivity contribution >= 4 is 39.1 Å². The van der Waals surface area contributed by atoms with Crippen molar-refractivity contribution < 1.29 is 27.1 Å². The fourth-order valence-corrected chi connectivity index (χ4v) is 3.69. The first-order chi connectivity index (χ1) is 12.3. The number of sulfonamides is 1. The first-order valence-corrected chi connectivity index (χ1v) is 9.63. The van der Waals surface area contributed by atoms with E-state index in [-0.39, 0.29) is 26.3 Å². The maximum atomic E-state index is 13.6. The summed E-state index contributed by atoms with van der Waals surface area (Å²) in [6.07, 6.45) is 0.661. The Balaban J connectivity index is 1.88. The van der Waals surface area contributed by atoms with Crippen molar-refractivity contribution in [3.8, 4) is 11.5 Å². The molecule has 0 aliphatic carbocycles. The zero-order chi connectivity index (χ0) is 18.9. The third kappa shape index (κ3) is 3.87. The lowest BCUT2D eigenvalue weighted by Gasteiger charge is -2.11. The molecule has 0 saturated heterocycles. The molecule has 0 fully saturated rings. The molecule has 1 aliphatic rings. The molecule has 138 valence electrons. The average Bonchev–Trinajstić information content (AvgIpc) is 2.82. The van der Waals surface area contributed by atoms with E-state index in [2.05, 4.69) is 0 Å². The number of ether oxygens (including phenoxy) is 2. The SMILES string of the molecule is O=C(NS(=O)(=O)c1ccc2c(c1)OCCCO2)c1cc(F)c(Cl)cc1Cl. The number of benzene rings is 2. The molecule has 3 rings (SSSR count). The highest BCUT2D eigenvalue weighted by Crippen LogP contribution is 2.32. The lowest BCUT2D eigenvalue weighted by molar-refractivity contribution is 0.0981. The predicted octanol–water partition coefficient (Wildman–Crippen LogP) is 3.41. The lowest BCUT2D eigenvalue weighted by atomic mass is 10.2. The molecule has 0 saturated carbocycles. The highest BCUT2D eigenvalue weighted by atomic mass is 35.5. The van der Waals surface area contributed by atoms with E-state index in [0.717, 1.165) is 12.1 Å². The van der Waals surface area contributed by atoms with E-state index in [4.69, 9.17) is 32.7 Å². The van der Waals surface area contributed by atoms with Crippen molar-refractivity contribution in [2.75, 3.05) is 13.2 Å². The summed E-state index contributed by atoms with van der Waals surface area (Å²) in [4.78, 5) is 12.0. The highest BCUT2D eigenvalue weighted by Gasteiger charge is 2.23. The van der Waals surface area contributed by atoms with Crippen molar-refractivity contribution in [2.24, 2.45) is 0 Å². The minimum Gasteiger partial charge on any atom is -0.490 e. The van der Waals surface area contributed by atoms with Crippen LogP contribution in [-0.4, -0.2) is 27.5 Å². The second kappa shape index (κ2) is 7.30. The van der Waals surface area contributed by atoms with Gasteiger partial charge in [0.05, 0.1) is 33.7 Å². The number of hydrogen-bond acceptors (Lipinski definition) is 5. The van der Waals surface area contributed by atoms with Gasteiger partial charge in [-0.15, -0.1) is 0 Å². The molecule has 2 aromatic carbocycles. The van der Waals surface area contributed by atoms with Crippen LogP contribution < -0.4 is 14.2 Å². The second-order valence-corrected chi connectivity index (χ2v) is 7.84. The lowest BCUT2D eigenvalue weighted by Crippen LogP contribution is -2.31. The third-order valence-electron chi connectivity index (χ3n) is 3.51. The van der Waals surface area contributed by atoms with Crippen LogP contribution in [0.3, 0.4) is 0 Å². The van der Waals surface area contributed by atoms with Crippen LogP contribution in [0.25, 0.3) is 0 Å². The average molecular weight is 420 g/mol. The number of halogens is 3. The van der Waals surface area contributed by atoms with Crippen LogP contribution in [0.2, 0.25) is 10.0 Å². The fraction of sp³-hybridized carbons (Fsp3) is 0.188. The van der Waals surface area contributed by atoms with Crippen LogP contribution in [0, 0.1) is 5.82 Å². The smallest absolute Gasteiger partial charge is 0.266 e. The zero-order valence-corrected chi connectivity index (χ0v) is 15.4. The van der Waals surface area contributed by atoms with Gasteiger partial charge in [0.2, 0.25) is 0 Å². The van der Waals surface area contributed by atoms with Crippen LogP contribution >= 0.6 is 23.2 Å². The Morgan fingerprint density at radius 1 is 1.04 bits per heavy atom. The summed E-state index contributed by atoms with van der Waals surface area (Å²) in [5.74, 6) is -1.31. The molecule has 0 atom stereocenters. The summed E-state index contributed by atoms with van der Waals surface area (Å²) in [7, 11) is -4.24. The molecule has 1 amide bonds. The quantitative estimate of drug-likeness (QED) is 0.770. The van der Waals surface area contributed by atoms with Gasteiger partial charge < -0.3 is 9.47 Å². The van der Waals surface area contributed by atoms with Gasteiger partial charge in [0.1, 0.15) is 5.82 Å². The van der Waals surface area contributed by atoms with Crippen LogP contribution in [-0.2, 0) is 10.0 Å². The van der Waals surface area contributed by atoms with E-state index in [0.29, 0.717) is 25.4 Å². The largest absolute Gasteiger partial charge is 0.490 e. The Kier molecular flexibility index (Phi) is 5.27. The van der Waals surface area contributed by atoms with Gasteiger partial charge in [-0.1, -0.05) is 23.2 Å². The van der Waals surface area contributed by atoms with Gasteiger partial charge in [-0.3, -0.25) is 4.79 Å². The van der Waals surface area contributed by atoms with Crippen molar-refractivity contribution in [1.29, 1.82) is 0 Å². The molecule has 0 spiro atoms. The topological polar surface area (TPSA) is 81.7 Å². The molecule has 10 heteroatoms. The minimum atomic E-state index is -4.24. The molecule has 6 nitrogen and oxygen atoms in total. The summed E-state index contributed by atoms with van der Waals surface area (Å²) in [5, 5.41) is -0.458. The molecular weight excluding hydrogens is 408 g/mol. The summed E-state index contributed by atoms with van der Waals surface area (Å²) >= 11 is 11.4. The number of nitrogens with one attached hydrogen (secondary N) is 1. The van der Waals surface area contributed by atoms with E-state index < -0.39 is 21.7 Å². The molecule has 1 aliphatic heterocycles. The van der Waals surface area contributed by atoms with E-state index in [1.807, 2.05) is 4.72 Å². The predicted molar refractivity (Wildman–Crippen MR) is 93.1 cm³/mol.